The SMILES string of the molecule is CN(C)CC(O)CNc1ccc(F)c(C(F)(F)F)c1. The number of benzene rings is 1. The summed E-state index contributed by atoms with van der Waals surface area (Å²) in [6.07, 6.45) is -5.46. The number of rotatable bonds is 5. The molecule has 0 aromatic heterocycles. The number of nitrogens with one attached hydrogen (secondary N) is 1. The predicted molar refractivity (Wildman–Crippen MR) is 64.5 cm³/mol. The summed E-state index contributed by atoms with van der Waals surface area (Å²) in [6, 6.07) is 2.65. The van der Waals surface area contributed by atoms with Crippen LogP contribution in [0.15, 0.2) is 18.2 Å². The zero-order chi connectivity index (χ0) is 14.6. The fraction of sp³-hybridized carbons (Fsp3) is 0.500. The van der Waals surface area contributed by atoms with Gasteiger partial charge in [0.15, 0.2) is 0 Å². The van der Waals surface area contributed by atoms with Crippen LogP contribution in [-0.2, 0) is 6.18 Å². The standard InChI is InChI=1S/C12H16F4N2O/c1-18(2)7-9(19)6-17-8-3-4-11(13)10(5-8)12(14,15)16/h3-5,9,17,19H,6-7H2,1-2H3. The van der Waals surface area contributed by atoms with Crippen LogP contribution in [0.5, 0.6) is 0 Å². The minimum Gasteiger partial charge on any atom is -0.390 e. The van der Waals surface area contributed by atoms with Crippen molar-refractivity contribution < 1.29 is 22.7 Å². The number of hydrogen-bond donors (Lipinski definition) is 2. The highest BCUT2D eigenvalue weighted by atomic mass is 19.4. The molecule has 1 aromatic rings. The molecule has 0 aliphatic carbocycles. The van der Waals surface area contributed by atoms with E-state index < -0.39 is 23.7 Å². The van der Waals surface area contributed by atoms with Gasteiger partial charge in [-0.1, -0.05) is 0 Å². The van der Waals surface area contributed by atoms with E-state index in [0.717, 1.165) is 6.07 Å². The van der Waals surface area contributed by atoms with Crippen molar-refractivity contribution >= 4 is 5.69 Å². The summed E-state index contributed by atoms with van der Waals surface area (Å²) in [5.74, 6) is -1.31. The summed E-state index contributed by atoms with van der Waals surface area (Å²) in [6.45, 7) is 0.460. The fourth-order valence-electron chi connectivity index (χ4n) is 1.57. The lowest BCUT2D eigenvalue weighted by Gasteiger charge is -2.17. The quantitative estimate of drug-likeness (QED) is 0.812. The Morgan fingerprint density at radius 3 is 2.47 bits per heavy atom. The van der Waals surface area contributed by atoms with Crippen molar-refractivity contribution in [3.8, 4) is 0 Å². The highest BCUT2D eigenvalue weighted by Crippen LogP contribution is 2.32. The summed E-state index contributed by atoms with van der Waals surface area (Å²) < 4.78 is 50.5. The number of anilines is 1. The Morgan fingerprint density at radius 1 is 1.32 bits per heavy atom. The average Bonchev–Trinajstić information content (AvgIpc) is 2.25. The zero-order valence-corrected chi connectivity index (χ0v) is 10.6. The molecule has 0 amide bonds. The summed E-state index contributed by atoms with van der Waals surface area (Å²) in [5.41, 5.74) is -1.20. The van der Waals surface area contributed by atoms with E-state index in [1.807, 2.05) is 0 Å². The van der Waals surface area contributed by atoms with Crippen LogP contribution in [0.2, 0.25) is 0 Å². The van der Waals surface area contributed by atoms with Gasteiger partial charge in [0, 0.05) is 18.8 Å². The number of aliphatic hydroxyl groups is 1. The molecule has 0 radical (unpaired) electrons. The van der Waals surface area contributed by atoms with E-state index >= 15 is 0 Å². The van der Waals surface area contributed by atoms with Crippen molar-refractivity contribution in [2.24, 2.45) is 0 Å². The van der Waals surface area contributed by atoms with Crippen molar-refractivity contribution in [3.05, 3.63) is 29.6 Å². The van der Waals surface area contributed by atoms with Gasteiger partial charge in [0.25, 0.3) is 0 Å². The topological polar surface area (TPSA) is 35.5 Å². The van der Waals surface area contributed by atoms with Crippen molar-refractivity contribution in [1.82, 2.24) is 4.90 Å². The lowest BCUT2D eigenvalue weighted by atomic mass is 10.1. The van der Waals surface area contributed by atoms with Crippen LogP contribution >= 0.6 is 0 Å². The van der Waals surface area contributed by atoms with Gasteiger partial charge in [-0.2, -0.15) is 13.2 Å². The van der Waals surface area contributed by atoms with Gasteiger partial charge in [0.2, 0.25) is 0 Å². The molecule has 1 aromatic carbocycles. The van der Waals surface area contributed by atoms with E-state index in [4.69, 9.17) is 0 Å². The highest BCUT2D eigenvalue weighted by molar-refractivity contribution is 5.47. The molecule has 0 aliphatic heterocycles. The molecule has 0 aliphatic rings. The lowest BCUT2D eigenvalue weighted by molar-refractivity contribution is -0.139. The number of hydrogen-bond acceptors (Lipinski definition) is 3. The number of aliphatic hydroxyl groups excluding tert-OH is 1. The molecule has 0 fully saturated rings. The van der Waals surface area contributed by atoms with E-state index in [-0.39, 0.29) is 12.2 Å². The molecule has 0 saturated heterocycles. The van der Waals surface area contributed by atoms with Gasteiger partial charge in [-0.25, -0.2) is 4.39 Å². The molecule has 2 N–H and O–H groups in total. The third kappa shape index (κ3) is 5.04. The first kappa shape index (κ1) is 15.7. The van der Waals surface area contributed by atoms with Crippen LogP contribution in [0.3, 0.4) is 0 Å². The van der Waals surface area contributed by atoms with Crippen molar-refractivity contribution in [2.75, 3.05) is 32.5 Å². The molecule has 19 heavy (non-hydrogen) atoms. The van der Waals surface area contributed by atoms with E-state index in [2.05, 4.69) is 5.32 Å². The first-order valence-corrected chi connectivity index (χ1v) is 5.63. The molecule has 1 unspecified atom stereocenters. The van der Waals surface area contributed by atoms with Gasteiger partial charge in [0.05, 0.1) is 11.7 Å². The molecular weight excluding hydrogens is 264 g/mol. The first-order valence-electron chi connectivity index (χ1n) is 5.63. The van der Waals surface area contributed by atoms with Gasteiger partial charge >= 0.3 is 6.18 Å². The Morgan fingerprint density at radius 2 is 1.95 bits per heavy atom. The van der Waals surface area contributed by atoms with Gasteiger partial charge in [-0.15, -0.1) is 0 Å². The summed E-state index contributed by atoms with van der Waals surface area (Å²) in [4.78, 5) is 1.75. The van der Waals surface area contributed by atoms with Gasteiger partial charge in [-0.05, 0) is 32.3 Å². The molecule has 3 nitrogen and oxygen atoms in total. The third-order valence-corrected chi connectivity index (χ3v) is 2.39. The first-order chi connectivity index (χ1) is 8.70. The minimum absolute atomic E-state index is 0.0844. The Labute approximate surface area is 108 Å². The van der Waals surface area contributed by atoms with Crippen molar-refractivity contribution in [2.45, 2.75) is 12.3 Å². The zero-order valence-electron chi connectivity index (χ0n) is 10.6. The van der Waals surface area contributed by atoms with E-state index in [0.29, 0.717) is 12.6 Å². The Bertz CT molecular complexity index is 421. The van der Waals surface area contributed by atoms with E-state index in [1.54, 1.807) is 19.0 Å². The second-order valence-corrected chi connectivity index (χ2v) is 4.49. The number of alkyl halides is 3. The molecule has 0 spiro atoms. The average molecular weight is 280 g/mol. The third-order valence-electron chi connectivity index (χ3n) is 2.39. The maximum absolute atomic E-state index is 13.0. The molecule has 0 saturated carbocycles. The van der Waals surface area contributed by atoms with E-state index in [1.165, 1.54) is 6.07 Å². The molecule has 108 valence electrons. The Kier molecular flexibility index (Phi) is 5.13. The minimum atomic E-state index is -4.73. The Hall–Kier alpha value is -1.34. The molecule has 0 heterocycles. The van der Waals surface area contributed by atoms with Crippen LogP contribution in [0.25, 0.3) is 0 Å². The van der Waals surface area contributed by atoms with Crippen LogP contribution < -0.4 is 5.32 Å². The molecule has 1 rings (SSSR count). The number of likely N-dealkylation sites (N-methyl/N-ethyl adjacent to an activating group) is 1. The second-order valence-electron chi connectivity index (χ2n) is 4.49. The van der Waals surface area contributed by atoms with Crippen molar-refractivity contribution in [1.29, 1.82) is 0 Å². The van der Waals surface area contributed by atoms with Gasteiger partial charge < -0.3 is 15.3 Å². The molecule has 7 heteroatoms. The smallest absolute Gasteiger partial charge is 0.390 e. The lowest BCUT2D eigenvalue weighted by Crippen LogP contribution is -2.31. The maximum atomic E-state index is 13.0. The van der Waals surface area contributed by atoms with Gasteiger partial charge in [-0.3, -0.25) is 0 Å². The van der Waals surface area contributed by atoms with Crippen LogP contribution in [0.4, 0.5) is 23.2 Å². The largest absolute Gasteiger partial charge is 0.419 e. The molecule has 0 bridgehead atoms. The predicted octanol–water partition coefficient (Wildman–Crippen LogP) is 2.18. The van der Waals surface area contributed by atoms with Crippen LogP contribution in [0, 0.1) is 5.82 Å². The van der Waals surface area contributed by atoms with E-state index in [9.17, 15) is 22.7 Å². The molecule has 1 atom stereocenters. The molecular formula is C12H16F4N2O. The maximum Gasteiger partial charge on any atom is 0.419 e. The number of nitrogens with zero attached hydrogens (tertiary/aromatic N) is 1. The van der Waals surface area contributed by atoms with Gasteiger partial charge in [0.1, 0.15) is 5.82 Å². The van der Waals surface area contributed by atoms with Crippen LogP contribution in [0.1, 0.15) is 5.56 Å². The highest BCUT2D eigenvalue weighted by Gasteiger charge is 2.34. The fourth-order valence-corrected chi connectivity index (χ4v) is 1.57. The monoisotopic (exact) mass is 280 g/mol. The summed E-state index contributed by atoms with van der Waals surface area (Å²) >= 11 is 0. The summed E-state index contributed by atoms with van der Waals surface area (Å²) in [5, 5.41) is 12.2. The second kappa shape index (κ2) is 6.21. The van der Waals surface area contributed by atoms with Crippen molar-refractivity contribution in [3.63, 3.8) is 0 Å². The normalized spacial score (nSPS) is 13.7. The van der Waals surface area contributed by atoms with Crippen LogP contribution in [-0.4, -0.2) is 43.3 Å². The summed E-state index contributed by atoms with van der Waals surface area (Å²) in [7, 11) is 3.53. The number of halogens is 4. The Balaban J connectivity index is 2.70.